The molecule has 0 spiro atoms. The number of primary sulfonamides is 1. The van der Waals surface area contributed by atoms with E-state index in [0.717, 1.165) is 0 Å². The summed E-state index contributed by atoms with van der Waals surface area (Å²) in [5.74, 6) is 0. The number of hydrogen-bond donors (Lipinski definition) is 2. The van der Waals surface area contributed by atoms with Crippen LogP contribution in [0.4, 0.5) is 11.4 Å². The molecule has 0 aliphatic heterocycles. The van der Waals surface area contributed by atoms with Gasteiger partial charge in [-0.3, -0.25) is 0 Å². The van der Waals surface area contributed by atoms with Gasteiger partial charge in [0.1, 0.15) is 0 Å². The number of nitrogen functional groups attached to an aromatic ring is 1. The van der Waals surface area contributed by atoms with Crippen molar-refractivity contribution < 1.29 is 13.2 Å². The zero-order valence-corrected chi connectivity index (χ0v) is 12.3. The molecule has 0 atom stereocenters. The van der Waals surface area contributed by atoms with Crippen molar-refractivity contribution in [2.24, 2.45) is 5.14 Å². The van der Waals surface area contributed by atoms with Crippen molar-refractivity contribution >= 4 is 21.4 Å². The lowest BCUT2D eigenvalue weighted by molar-refractivity contribution is 0.0846. The number of likely N-dealkylation sites (N-methyl/N-ethyl adjacent to an activating group) is 1. The molecule has 0 amide bonds. The standard InChI is InChI=1S/C12H21N3O3S/c1-9(2)18-5-4-15(3)11-6-10(13)7-12(8-11)19(14,16)17/h6-9H,4-5,13H2,1-3H3,(H2,14,16,17). The first-order valence-electron chi connectivity index (χ1n) is 5.96. The average molecular weight is 287 g/mol. The summed E-state index contributed by atoms with van der Waals surface area (Å²) in [6.45, 7) is 5.10. The third-order valence-corrected chi connectivity index (χ3v) is 3.45. The van der Waals surface area contributed by atoms with Crippen LogP contribution in [0.5, 0.6) is 0 Å². The number of rotatable bonds is 6. The highest BCUT2D eigenvalue weighted by atomic mass is 32.2. The smallest absolute Gasteiger partial charge is 0.238 e. The van der Waals surface area contributed by atoms with Crippen molar-refractivity contribution in [2.45, 2.75) is 24.8 Å². The van der Waals surface area contributed by atoms with E-state index < -0.39 is 10.0 Å². The lowest BCUT2D eigenvalue weighted by atomic mass is 10.2. The minimum Gasteiger partial charge on any atom is -0.399 e. The van der Waals surface area contributed by atoms with Crippen molar-refractivity contribution in [3.8, 4) is 0 Å². The molecule has 0 unspecified atom stereocenters. The number of hydrogen-bond acceptors (Lipinski definition) is 5. The van der Waals surface area contributed by atoms with Crippen LogP contribution in [-0.4, -0.2) is 34.7 Å². The Hall–Kier alpha value is -1.31. The Morgan fingerprint density at radius 1 is 1.32 bits per heavy atom. The third-order valence-electron chi connectivity index (χ3n) is 2.56. The van der Waals surface area contributed by atoms with Gasteiger partial charge >= 0.3 is 0 Å². The lowest BCUT2D eigenvalue weighted by Gasteiger charge is -2.21. The van der Waals surface area contributed by atoms with Crippen molar-refractivity contribution in [1.29, 1.82) is 0 Å². The van der Waals surface area contributed by atoms with Crippen LogP contribution in [0.25, 0.3) is 0 Å². The van der Waals surface area contributed by atoms with Gasteiger partial charge in [0.25, 0.3) is 0 Å². The summed E-state index contributed by atoms with van der Waals surface area (Å²) in [6, 6.07) is 4.54. The van der Waals surface area contributed by atoms with E-state index in [-0.39, 0.29) is 11.0 Å². The fourth-order valence-electron chi connectivity index (χ4n) is 1.54. The molecule has 1 aromatic carbocycles. The first-order chi connectivity index (χ1) is 8.70. The Morgan fingerprint density at radius 3 is 2.47 bits per heavy atom. The molecule has 0 aliphatic rings. The van der Waals surface area contributed by atoms with Gasteiger partial charge in [-0.05, 0) is 32.0 Å². The van der Waals surface area contributed by atoms with E-state index in [9.17, 15) is 8.42 Å². The fourth-order valence-corrected chi connectivity index (χ4v) is 2.13. The van der Waals surface area contributed by atoms with E-state index in [1.807, 2.05) is 25.8 Å². The molecule has 0 bridgehead atoms. The Labute approximate surface area is 114 Å². The number of anilines is 2. The van der Waals surface area contributed by atoms with E-state index in [2.05, 4.69) is 0 Å². The van der Waals surface area contributed by atoms with Gasteiger partial charge in [0.15, 0.2) is 0 Å². The topological polar surface area (TPSA) is 98.7 Å². The largest absolute Gasteiger partial charge is 0.399 e. The molecule has 0 saturated heterocycles. The van der Waals surface area contributed by atoms with Crippen molar-refractivity contribution in [3.63, 3.8) is 0 Å². The van der Waals surface area contributed by atoms with Gasteiger partial charge in [-0.1, -0.05) is 0 Å². The first kappa shape index (κ1) is 15.7. The molecule has 0 radical (unpaired) electrons. The molecular weight excluding hydrogens is 266 g/mol. The number of ether oxygens (including phenoxy) is 1. The minimum absolute atomic E-state index is 0.0131. The van der Waals surface area contributed by atoms with Crippen LogP contribution in [0, 0.1) is 0 Å². The number of nitrogens with zero attached hydrogens (tertiary/aromatic N) is 1. The SMILES string of the molecule is CC(C)OCCN(C)c1cc(N)cc(S(N)(=O)=O)c1. The van der Waals surface area contributed by atoms with E-state index >= 15 is 0 Å². The van der Waals surface area contributed by atoms with Gasteiger partial charge in [0.2, 0.25) is 10.0 Å². The molecule has 0 heterocycles. The molecule has 0 aliphatic carbocycles. The number of nitrogens with two attached hydrogens (primary N) is 2. The normalized spacial score (nSPS) is 11.8. The van der Waals surface area contributed by atoms with Crippen molar-refractivity contribution in [3.05, 3.63) is 18.2 Å². The second-order valence-corrected chi connectivity index (χ2v) is 6.21. The van der Waals surface area contributed by atoms with E-state index in [1.54, 1.807) is 6.07 Å². The quantitative estimate of drug-likeness (QED) is 0.753. The Kier molecular flexibility index (Phi) is 5.16. The molecule has 1 rings (SSSR count). The maximum Gasteiger partial charge on any atom is 0.238 e. The van der Waals surface area contributed by atoms with E-state index in [1.165, 1.54) is 12.1 Å². The van der Waals surface area contributed by atoms with Crippen LogP contribution in [0.15, 0.2) is 23.1 Å². The molecule has 4 N–H and O–H groups in total. The summed E-state index contributed by atoms with van der Waals surface area (Å²) < 4.78 is 28.1. The predicted octanol–water partition coefficient (Wildman–Crippen LogP) is 0.777. The number of sulfonamides is 1. The highest BCUT2D eigenvalue weighted by Gasteiger charge is 2.12. The fraction of sp³-hybridized carbons (Fsp3) is 0.500. The maximum absolute atomic E-state index is 11.3. The zero-order chi connectivity index (χ0) is 14.6. The van der Waals surface area contributed by atoms with Crippen LogP contribution in [0.1, 0.15) is 13.8 Å². The first-order valence-corrected chi connectivity index (χ1v) is 7.51. The van der Waals surface area contributed by atoms with E-state index in [0.29, 0.717) is 24.5 Å². The highest BCUT2D eigenvalue weighted by Crippen LogP contribution is 2.22. The molecule has 108 valence electrons. The van der Waals surface area contributed by atoms with Crippen LogP contribution < -0.4 is 15.8 Å². The number of benzene rings is 1. The lowest BCUT2D eigenvalue weighted by Crippen LogP contribution is -2.24. The summed E-state index contributed by atoms with van der Waals surface area (Å²) in [7, 11) is -1.91. The monoisotopic (exact) mass is 287 g/mol. The predicted molar refractivity (Wildman–Crippen MR) is 76.6 cm³/mol. The molecule has 0 saturated carbocycles. The molecule has 1 aromatic rings. The van der Waals surface area contributed by atoms with E-state index in [4.69, 9.17) is 15.6 Å². The summed E-state index contributed by atoms with van der Waals surface area (Å²) in [5, 5.41) is 5.11. The summed E-state index contributed by atoms with van der Waals surface area (Å²) in [6.07, 6.45) is 0.161. The second kappa shape index (κ2) is 6.23. The van der Waals surface area contributed by atoms with Crippen molar-refractivity contribution in [1.82, 2.24) is 0 Å². The minimum atomic E-state index is -3.75. The van der Waals surface area contributed by atoms with Crippen LogP contribution in [0.2, 0.25) is 0 Å². The molecule has 0 aromatic heterocycles. The zero-order valence-electron chi connectivity index (χ0n) is 11.5. The Morgan fingerprint density at radius 2 is 1.95 bits per heavy atom. The van der Waals surface area contributed by atoms with Crippen LogP contribution >= 0.6 is 0 Å². The maximum atomic E-state index is 11.3. The van der Waals surface area contributed by atoms with Gasteiger partial charge in [0, 0.05) is 25.0 Å². The molecule has 19 heavy (non-hydrogen) atoms. The summed E-state index contributed by atoms with van der Waals surface area (Å²) in [5.41, 5.74) is 6.74. The van der Waals surface area contributed by atoms with Gasteiger partial charge in [-0.15, -0.1) is 0 Å². The highest BCUT2D eigenvalue weighted by molar-refractivity contribution is 7.89. The molecular formula is C12H21N3O3S. The Bertz CT molecular complexity index is 529. The molecule has 7 heteroatoms. The van der Waals surface area contributed by atoms with Gasteiger partial charge < -0.3 is 15.4 Å². The van der Waals surface area contributed by atoms with Crippen LogP contribution in [-0.2, 0) is 14.8 Å². The summed E-state index contributed by atoms with van der Waals surface area (Å²) in [4.78, 5) is 1.88. The van der Waals surface area contributed by atoms with Gasteiger partial charge in [0.05, 0.1) is 17.6 Å². The summed E-state index contributed by atoms with van der Waals surface area (Å²) >= 11 is 0. The molecule has 0 fully saturated rings. The average Bonchev–Trinajstić information content (AvgIpc) is 2.26. The van der Waals surface area contributed by atoms with Crippen molar-refractivity contribution in [2.75, 3.05) is 30.8 Å². The second-order valence-electron chi connectivity index (χ2n) is 4.65. The van der Waals surface area contributed by atoms with Gasteiger partial charge in [-0.25, -0.2) is 13.6 Å². The van der Waals surface area contributed by atoms with Gasteiger partial charge in [-0.2, -0.15) is 0 Å². The third kappa shape index (κ3) is 5.06. The Balaban J connectivity index is 2.86. The van der Waals surface area contributed by atoms with Crippen LogP contribution in [0.3, 0.4) is 0 Å². The molecule has 6 nitrogen and oxygen atoms in total.